The van der Waals surface area contributed by atoms with Gasteiger partial charge in [-0.1, -0.05) is 6.07 Å². The normalized spacial score (nSPS) is 16.7. The molecule has 26 heavy (non-hydrogen) atoms. The van der Waals surface area contributed by atoms with Gasteiger partial charge in [0.15, 0.2) is 9.84 Å². The molecular weight excluding hydrogens is 392 g/mol. The number of thioether (sulfide) groups is 1. The fourth-order valence-corrected chi connectivity index (χ4v) is 5.38. The average molecular weight is 411 g/mol. The molecule has 1 aromatic heterocycles. The second kappa shape index (κ2) is 7.81. The summed E-state index contributed by atoms with van der Waals surface area (Å²) in [5, 5.41) is 7.12. The maximum absolute atomic E-state index is 12.5. The topological polar surface area (TPSA) is 92.3 Å². The second-order valence-electron chi connectivity index (χ2n) is 5.83. The fraction of sp³-hybridized carbons (Fsp3) is 0.294. The van der Waals surface area contributed by atoms with E-state index in [9.17, 15) is 18.0 Å². The predicted molar refractivity (Wildman–Crippen MR) is 103 cm³/mol. The average Bonchev–Trinajstić information content (AvgIpc) is 3.12. The van der Waals surface area contributed by atoms with Gasteiger partial charge in [0.2, 0.25) is 11.8 Å². The molecule has 0 saturated heterocycles. The highest BCUT2D eigenvalue weighted by Gasteiger charge is 2.25. The van der Waals surface area contributed by atoms with E-state index in [1.54, 1.807) is 19.1 Å². The first-order chi connectivity index (χ1) is 12.3. The summed E-state index contributed by atoms with van der Waals surface area (Å²) >= 11 is 2.86. The second-order valence-corrected chi connectivity index (χ2v) is 10.4. The molecule has 9 heteroatoms. The third kappa shape index (κ3) is 4.46. The molecule has 0 bridgehead atoms. The van der Waals surface area contributed by atoms with Gasteiger partial charge in [-0.2, -0.15) is 0 Å². The third-order valence-electron chi connectivity index (χ3n) is 3.88. The van der Waals surface area contributed by atoms with E-state index in [0.717, 1.165) is 9.77 Å². The Balaban J connectivity index is 1.62. The number of amides is 2. The minimum absolute atomic E-state index is 0.0922. The molecular formula is C17H18N2O4S3. The number of carbonyl (C=O) groups is 2. The quantitative estimate of drug-likeness (QED) is 0.764. The van der Waals surface area contributed by atoms with Gasteiger partial charge in [0.05, 0.1) is 28.1 Å². The fourth-order valence-electron chi connectivity index (χ4n) is 2.41. The van der Waals surface area contributed by atoms with Crippen molar-refractivity contribution >= 4 is 50.4 Å². The molecule has 0 saturated carbocycles. The minimum atomic E-state index is -3.58. The smallest absolute Gasteiger partial charge is 0.237 e. The lowest BCUT2D eigenvalue weighted by Gasteiger charge is -2.21. The van der Waals surface area contributed by atoms with E-state index in [-0.39, 0.29) is 34.1 Å². The van der Waals surface area contributed by atoms with Crippen LogP contribution in [0.15, 0.2) is 45.5 Å². The van der Waals surface area contributed by atoms with E-state index in [2.05, 4.69) is 10.6 Å². The SMILES string of the molecule is CC1Sc2cc(S(=O)(=O)CCC(=O)NCc3cccs3)ccc2NC1=O. The zero-order valence-corrected chi connectivity index (χ0v) is 16.5. The molecule has 2 amide bonds. The molecule has 2 aromatic rings. The van der Waals surface area contributed by atoms with Crippen LogP contribution in [-0.2, 0) is 26.0 Å². The molecule has 2 N–H and O–H groups in total. The van der Waals surface area contributed by atoms with Crippen molar-refractivity contribution in [1.82, 2.24) is 5.32 Å². The third-order valence-corrected chi connectivity index (χ3v) is 7.63. The van der Waals surface area contributed by atoms with E-state index in [1.807, 2.05) is 17.5 Å². The Hall–Kier alpha value is -1.84. The van der Waals surface area contributed by atoms with Gasteiger partial charge in [-0.15, -0.1) is 23.1 Å². The van der Waals surface area contributed by atoms with Gasteiger partial charge < -0.3 is 10.6 Å². The number of thiophene rings is 1. The number of rotatable bonds is 6. The number of benzene rings is 1. The minimum Gasteiger partial charge on any atom is -0.351 e. The molecule has 0 fully saturated rings. The predicted octanol–water partition coefficient (Wildman–Crippen LogP) is 2.66. The van der Waals surface area contributed by atoms with Crippen LogP contribution in [-0.4, -0.2) is 31.2 Å². The lowest BCUT2D eigenvalue weighted by molar-refractivity contribution is -0.120. The highest BCUT2D eigenvalue weighted by Crippen LogP contribution is 2.37. The number of fused-ring (bicyclic) bond motifs is 1. The van der Waals surface area contributed by atoms with Crippen LogP contribution in [0, 0.1) is 0 Å². The summed E-state index contributed by atoms with van der Waals surface area (Å²) in [6.07, 6.45) is -0.0922. The molecule has 6 nitrogen and oxygen atoms in total. The highest BCUT2D eigenvalue weighted by atomic mass is 32.2. The Kier molecular flexibility index (Phi) is 5.69. The van der Waals surface area contributed by atoms with Crippen molar-refractivity contribution in [2.45, 2.75) is 34.9 Å². The summed E-state index contributed by atoms with van der Waals surface area (Å²) in [4.78, 5) is 25.5. The van der Waals surface area contributed by atoms with Crippen LogP contribution in [0.25, 0.3) is 0 Å². The van der Waals surface area contributed by atoms with E-state index in [0.29, 0.717) is 12.2 Å². The molecule has 2 heterocycles. The maximum atomic E-state index is 12.5. The first-order valence-electron chi connectivity index (χ1n) is 7.98. The molecule has 1 aliphatic heterocycles. The Bertz CT molecular complexity index is 923. The van der Waals surface area contributed by atoms with Gasteiger partial charge in [0.1, 0.15) is 0 Å². The van der Waals surface area contributed by atoms with Crippen molar-refractivity contribution in [3.05, 3.63) is 40.6 Å². The van der Waals surface area contributed by atoms with Crippen LogP contribution >= 0.6 is 23.1 Å². The van der Waals surface area contributed by atoms with Gasteiger partial charge in [0, 0.05) is 16.2 Å². The van der Waals surface area contributed by atoms with Crippen molar-refractivity contribution in [2.24, 2.45) is 0 Å². The molecule has 3 rings (SSSR count). The summed E-state index contributed by atoms with van der Waals surface area (Å²) in [6.45, 7) is 2.17. The molecule has 1 unspecified atom stereocenters. The van der Waals surface area contributed by atoms with Crippen molar-refractivity contribution in [3.63, 3.8) is 0 Å². The molecule has 1 aromatic carbocycles. The Labute approximate surface area is 160 Å². The molecule has 138 valence electrons. The largest absolute Gasteiger partial charge is 0.351 e. The monoisotopic (exact) mass is 410 g/mol. The van der Waals surface area contributed by atoms with Gasteiger partial charge in [0.25, 0.3) is 0 Å². The zero-order valence-electron chi connectivity index (χ0n) is 14.0. The number of sulfone groups is 1. The maximum Gasteiger partial charge on any atom is 0.237 e. The highest BCUT2D eigenvalue weighted by molar-refractivity contribution is 8.01. The first-order valence-corrected chi connectivity index (χ1v) is 11.4. The first kappa shape index (κ1) is 18.9. The van der Waals surface area contributed by atoms with E-state index in [4.69, 9.17) is 0 Å². The lowest BCUT2D eigenvalue weighted by atomic mass is 10.3. The standard InChI is InChI=1S/C17H18N2O4S3/c1-11-17(21)19-14-5-4-13(9-15(14)25-11)26(22,23)8-6-16(20)18-10-12-3-2-7-24-12/h2-5,7,9,11H,6,8,10H2,1H3,(H,18,20)(H,19,21). The Morgan fingerprint density at radius 2 is 2.12 bits per heavy atom. The van der Waals surface area contributed by atoms with Gasteiger partial charge in [-0.05, 0) is 36.6 Å². The number of carbonyl (C=O) groups excluding carboxylic acids is 2. The Morgan fingerprint density at radius 3 is 2.85 bits per heavy atom. The van der Waals surface area contributed by atoms with Crippen LogP contribution in [0.5, 0.6) is 0 Å². The Morgan fingerprint density at radius 1 is 1.31 bits per heavy atom. The van der Waals surface area contributed by atoms with Crippen molar-refractivity contribution in [3.8, 4) is 0 Å². The summed E-state index contributed by atoms with van der Waals surface area (Å²) in [7, 11) is -3.58. The zero-order chi connectivity index (χ0) is 18.7. The number of nitrogens with one attached hydrogen (secondary N) is 2. The van der Waals surface area contributed by atoms with Crippen LogP contribution in [0.2, 0.25) is 0 Å². The van der Waals surface area contributed by atoms with E-state index in [1.165, 1.54) is 29.2 Å². The summed E-state index contributed by atoms with van der Waals surface area (Å²) in [6, 6.07) is 8.43. The summed E-state index contributed by atoms with van der Waals surface area (Å²) in [5.74, 6) is -0.648. The number of hydrogen-bond acceptors (Lipinski definition) is 6. The van der Waals surface area contributed by atoms with Gasteiger partial charge in [-0.3, -0.25) is 9.59 Å². The van der Waals surface area contributed by atoms with E-state index < -0.39 is 9.84 Å². The lowest BCUT2D eigenvalue weighted by Crippen LogP contribution is -2.27. The summed E-state index contributed by atoms with van der Waals surface area (Å²) in [5.41, 5.74) is 0.616. The van der Waals surface area contributed by atoms with Crippen molar-refractivity contribution in [2.75, 3.05) is 11.1 Å². The molecule has 1 aliphatic rings. The molecule has 0 spiro atoms. The number of hydrogen-bond donors (Lipinski definition) is 2. The van der Waals surface area contributed by atoms with Crippen LogP contribution in [0.3, 0.4) is 0 Å². The van der Waals surface area contributed by atoms with Crippen LogP contribution in [0.1, 0.15) is 18.2 Å². The number of anilines is 1. The molecule has 0 aliphatic carbocycles. The van der Waals surface area contributed by atoms with E-state index >= 15 is 0 Å². The van der Waals surface area contributed by atoms with Crippen molar-refractivity contribution < 1.29 is 18.0 Å². The van der Waals surface area contributed by atoms with Gasteiger partial charge in [-0.25, -0.2) is 8.42 Å². The van der Waals surface area contributed by atoms with Gasteiger partial charge >= 0.3 is 0 Å². The van der Waals surface area contributed by atoms with Crippen molar-refractivity contribution in [1.29, 1.82) is 0 Å². The molecule has 1 atom stereocenters. The van der Waals surface area contributed by atoms with Crippen LogP contribution < -0.4 is 10.6 Å². The van der Waals surface area contributed by atoms with Crippen LogP contribution in [0.4, 0.5) is 5.69 Å². The molecule has 0 radical (unpaired) electrons. The summed E-state index contributed by atoms with van der Waals surface area (Å²) < 4.78 is 25.1.